The lowest BCUT2D eigenvalue weighted by Gasteiger charge is -2.45. The molecule has 3 heterocycles. The molecule has 0 aliphatic carbocycles. The molecule has 1 fully saturated rings. The highest BCUT2D eigenvalue weighted by Gasteiger charge is 2.54. The first-order valence-electron chi connectivity index (χ1n) is 19.5. The van der Waals surface area contributed by atoms with Crippen LogP contribution in [-0.2, 0) is 19.5 Å². The summed E-state index contributed by atoms with van der Waals surface area (Å²) in [5.41, 5.74) is 9.13. The largest absolute Gasteiger partial charge is 0.497 e. The van der Waals surface area contributed by atoms with Crippen LogP contribution in [0.5, 0.6) is 11.5 Å². The summed E-state index contributed by atoms with van der Waals surface area (Å²) in [5.74, 6) is 1.81. The number of rotatable bonds is 13. The summed E-state index contributed by atoms with van der Waals surface area (Å²) in [6, 6.07) is 47.8. The van der Waals surface area contributed by atoms with Crippen LogP contribution in [0.25, 0.3) is 11.2 Å². The van der Waals surface area contributed by atoms with Gasteiger partial charge in [-0.1, -0.05) is 136 Å². The van der Waals surface area contributed by atoms with Gasteiger partial charge in [0.25, 0.3) is 8.32 Å². The Labute approximate surface area is 340 Å². The highest BCUT2D eigenvalue weighted by Crippen LogP contribution is 2.45. The molecule has 2 N–H and O–H groups in total. The molecule has 0 amide bonds. The third kappa shape index (κ3) is 7.04. The molecule has 1 aliphatic rings. The highest BCUT2D eigenvalue weighted by atomic mass is 28.4. The lowest BCUT2D eigenvalue weighted by Crippen LogP contribution is -2.68. The quantitative estimate of drug-likeness (QED) is 0.0929. The topological polar surface area (TPSA) is 116 Å². The lowest BCUT2D eigenvalue weighted by atomic mass is 9.80. The first-order valence-corrected chi connectivity index (χ1v) is 21.4. The van der Waals surface area contributed by atoms with E-state index in [0.29, 0.717) is 23.4 Å². The van der Waals surface area contributed by atoms with Gasteiger partial charge in [-0.05, 0) is 56.4 Å². The summed E-state index contributed by atoms with van der Waals surface area (Å²) in [6.07, 6.45) is 2.28. The van der Waals surface area contributed by atoms with E-state index in [0.717, 1.165) is 28.2 Å². The van der Waals surface area contributed by atoms with Gasteiger partial charge in [0, 0.05) is 6.42 Å². The van der Waals surface area contributed by atoms with Crippen molar-refractivity contribution in [3.63, 3.8) is 0 Å². The van der Waals surface area contributed by atoms with Gasteiger partial charge in [0.1, 0.15) is 41.3 Å². The predicted molar refractivity (Wildman–Crippen MR) is 229 cm³/mol. The van der Waals surface area contributed by atoms with Crippen molar-refractivity contribution < 1.29 is 23.4 Å². The molecular formula is C47H49N5O5Si. The Morgan fingerprint density at radius 1 is 0.690 bits per heavy atom. The van der Waals surface area contributed by atoms with Gasteiger partial charge >= 0.3 is 0 Å². The number of hydrogen-bond acceptors (Lipinski definition) is 9. The molecular weight excluding hydrogens is 743 g/mol. The molecule has 0 spiro atoms. The van der Waals surface area contributed by atoms with Crippen LogP contribution >= 0.6 is 0 Å². The molecule has 2 aromatic heterocycles. The van der Waals surface area contributed by atoms with Gasteiger partial charge in [-0.3, -0.25) is 4.57 Å². The Morgan fingerprint density at radius 2 is 1.21 bits per heavy atom. The molecule has 10 nitrogen and oxygen atoms in total. The van der Waals surface area contributed by atoms with Gasteiger partial charge in [-0.25, -0.2) is 15.0 Å². The molecule has 7 aromatic rings. The van der Waals surface area contributed by atoms with Gasteiger partial charge in [-0.2, -0.15) is 0 Å². The second-order valence-corrected chi connectivity index (χ2v) is 19.8. The van der Waals surface area contributed by atoms with Crippen molar-refractivity contribution in [1.82, 2.24) is 19.5 Å². The Morgan fingerprint density at radius 3 is 1.72 bits per heavy atom. The first-order chi connectivity index (χ1) is 28.2. The standard InChI is InChI=1S/C47H49N5O5Si/c1-46(2,3)58(38-17-11-7-12-18-38,39-19-13-8-14-20-39)57-40-29-42(52-32-51-43-44(48)49-31-50-45(43)52)56-41(40)30-55-47(33-15-9-6-10-16-33,34-21-25-36(53-4)26-22-34)35-23-27-37(54-5)28-24-35/h6-28,31-32,40-42H,29-30H2,1-5H3,(H2,48,49,50)/t40-,41+,42+/m0/s1. The number of methoxy groups -OCH3 is 2. The molecule has 1 saturated heterocycles. The van der Waals surface area contributed by atoms with Gasteiger partial charge < -0.3 is 29.1 Å². The predicted octanol–water partition coefficient (Wildman–Crippen LogP) is 7.67. The summed E-state index contributed by atoms with van der Waals surface area (Å²) in [6.45, 7) is 7.04. The average Bonchev–Trinajstić information content (AvgIpc) is 3.88. The van der Waals surface area contributed by atoms with Crippen molar-refractivity contribution >= 4 is 35.7 Å². The number of fused-ring (bicyclic) bond motifs is 1. The molecule has 0 unspecified atom stereocenters. The van der Waals surface area contributed by atoms with Crippen molar-refractivity contribution in [1.29, 1.82) is 0 Å². The van der Waals surface area contributed by atoms with Crippen molar-refractivity contribution in [2.24, 2.45) is 0 Å². The van der Waals surface area contributed by atoms with E-state index in [1.165, 1.54) is 16.7 Å². The zero-order valence-electron chi connectivity index (χ0n) is 33.5. The maximum Gasteiger partial charge on any atom is 0.261 e. The molecule has 0 bridgehead atoms. The first kappa shape index (κ1) is 39.0. The van der Waals surface area contributed by atoms with E-state index in [2.05, 4.69) is 133 Å². The van der Waals surface area contributed by atoms with Crippen LogP contribution in [0.1, 0.15) is 50.1 Å². The molecule has 0 radical (unpaired) electrons. The van der Waals surface area contributed by atoms with E-state index < -0.39 is 32.4 Å². The molecule has 1 aliphatic heterocycles. The van der Waals surface area contributed by atoms with Crippen LogP contribution in [0.4, 0.5) is 5.82 Å². The zero-order valence-corrected chi connectivity index (χ0v) is 34.5. The molecule has 8 rings (SSSR count). The average molecular weight is 792 g/mol. The zero-order chi connectivity index (χ0) is 40.3. The fourth-order valence-electron chi connectivity index (χ4n) is 8.43. The second kappa shape index (κ2) is 16.2. The van der Waals surface area contributed by atoms with Crippen LogP contribution in [0.15, 0.2) is 152 Å². The van der Waals surface area contributed by atoms with E-state index in [1.807, 2.05) is 47.0 Å². The van der Waals surface area contributed by atoms with Crippen molar-refractivity contribution in [2.75, 3.05) is 26.6 Å². The molecule has 5 aromatic carbocycles. The summed E-state index contributed by atoms with van der Waals surface area (Å²) < 4.78 is 35.6. The number of ether oxygens (including phenoxy) is 4. The number of nitrogens with zero attached hydrogens (tertiary/aromatic N) is 4. The van der Waals surface area contributed by atoms with E-state index >= 15 is 0 Å². The summed E-state index contributed by atoms with van der Waals surface area (Å²) in [5, 5.41) is 2.09. The fraction of sp³-hybridized carbons (Fsp3) is 0.255. The maximum absolute atomic E-state index is 7.86. The third-order valence-corrected chi connectivity index (χ3v) is 16.3. The van der Waals surface area contributed by atoms with Crippen LogP contribution < -0.4 is 25.6 Å². The van der Waals surface area contributed by atoms with Gasteiger partial charge in [0.05, 0.1) is 33.3 Å². The number of hydrogen-bond donors (Lipinski definition) is 1. The number of imidazole rings is 1. The SMILES string of the molecule is COc1ccc(C(OC[C@H]2O[C@@H](n3cnc4c(N)ncnc43)C[C@@H]2O[Si](c2ccccc2)(c2ccccc2)C(C)(C)C)(c2ccccc2)c2ccc(OC)cc2)cc1. The van der Waals surface area contributed by atoms with Crippen LogP contribution in [0.2, 0.25) is 5.04 Å². The van der Waals surface area contributed by atoms with Gasteiger partial charge in [0.15, 0.2) is 11.5 Å². The summed E-state index contributed by atoms with van der Waals surface area (Å²) in [7, 11) is 0.285. The second-order valence-electron chi connectivity index (χ2n) is 15.6. The van der Waals surface area contributed by atoms with E-state index in [4.69, 9.17) is 29.1 Å². The maximum atomic E-state index is 7.86. The van der Waals surface area contributed by atoms with Crippen LogP contribution in [0.3, 0.4) is 0 Å². The molecule has 0 saturated carbocycles. The molecule has 296 valence electrons. The molecule has 3 atom stereocenters. The highest BCUT2D eigenvalue weighted by molar-refractivity contribution is 6.99. The van der Waals surface area contributed by atoms with Crippen LogP contribution in [-0.4, -0.2) is 60.9 Å². The number of nitrogen functional groups attached to an aromatic ring is 1. The van der Waals surface area contributed by atoms with Gasteiger partial charge in [0.2, 0.25) is 0 Å². The molecule has 58 heavy (non-hydrogen) atoms. The number of aromatic nitrogens is 4. The van der Waals surface area contributed by atoms with E-state index in [9.17, 15) is 0 Å². The minimum Gasteiger partial charge on any atom is -0.497 e. The van der Waals surface area contributed by atoms with Crippen molar-refractivity contribution in [3.05, 3.63) is 169 Å². The summed E-state index contributed by atoms with van der Waals surface area (Å²) in [4.78, 5) is 13.4. The Bertz CT molecular complexity index is 2340. The van der Waals surface area contributed by atoms with Crippen molar-refractivity contribution in [2.45, 2.75) is 56.3 Å². The Balaban J connectivity index is 1.27. The lowest BCUT2D eigenvalue weighted by molar-refractivity contribution is -0.0911. The number of nitrogens with two attached hydrogens (primary N) is 1. The van der Waals surface area contributed by atoms with Crippen molar-refractivity contribution in [3.8, 4) is 11.5 Å². The number of anilines is 1. The minimum atomic E-state index is -3.05. The minimum absolute atomic E-state index is 0.177. The summed E-state index contributed by atoms with van der Waals surface area (Å²) >= 11 is 0. The smallest absolute Gasteiger partial charge is 0.261 e. The van der Waals surface area contributed by atoms with Gasteiger partial charge in [-0.15, -0.1) is 0 Å². The third-order valence-electron chi connectivity index (χ3n) is 11.3. The molecule has 11 heteroatoms. The normalized spacial score (nSPS) is 17.4. The fourth-order valence-corrected chi connectivity index (χ4v) is 13.1. The van der Waals surface area contributed by atoms with Crippen LogP contribution in [0, 0.1) is 0 Å². The van der Waals surface area contributed by atoms with E-state index in [-0.39, 0.29) is 11.6 Å². The monoisotopic (exact) mass is 791 g/mol. The Hall–Kier alpha value is -5.85. The van der Waals surface area contributed by atoms with E-state index in [1.54, 1.807) is 20.5 Å². The Kier molecular flexibility index (Phi) is 10.9. The number of benzene rings is 5.